The highest BCUT2D eigenvalue weighted by Crippen LogP contribution is 2.32. The van der Waals surface area contributed by atoms with Gasteiger partial charge in [0.15, 0.2) is 0 Å². The van der Waals surface area contributed by atoms with Crippen molar-refractivity contribution in [3.05, 3.63) is 0 Å². The zero-order valence-electron chi connectivity index (χ0n) is 15.5. The van der Waals surface area contributed by atoms with Gasteiger partial charge in [-0.2, -0.15) is 0 Å². The van der Waals surface area contributed by atoms with Gasteiger partial charge < -0.3 is 16.2 Å². The molecule has 140 valence electrons. The van der Waals surface area contributed by atoms with Crippen molar-refractivity contribution >= 4 is 5.91 Å². The number of aliphatic hydroxyl groups excluding tert-OH is 1. The molecular formula is C20H38N2O2. The van der Waals surface area contributed by atoms with Gasteiger partial charge >= 0.3 is 0 Å². The van der Waals surface area contributed by atoms with Crippen molar-refractivity contribution in [1.29, 1.82) is 0 Å². The van der Waals surface area contributed by atoms with Crippen LogP contribution in [0, 0.1) is 17.8 Å². The number of amides is 1. The highest BCUT2D eigenvalue weighted by molar-refractivity contribution is 5.78. The van der Waals surface area contributed by atoms with Crippen molar-refractivity contribution in [3.8, 4) is 0 Å². The molecule has 3 atom stereocenters. The van der Waals surface area contributed by atoms with Gasteiger partial charge in [0.05, 0.1) is 6.10 Å². The minimum atomic E-state index is -0.558. The Kier molecular flexibility index (Phi) is 8.54. The first-order valence-corrected chi connectivity index (χ1v) is 10.3. The molecule has 0 unspecified atom stereocenters. The van der Waals surface area contributed by atoms with Gasteiger partial charge in [0.25, 0.3) is 0 Å². The highest BCUT2D eigenvalue weighted by atomic mass is 16.3. The summed E-state index contributed by atoms with van der Waals surface area (Å²) in [5.74, 6) is 1.29. The third-order valence-electron chi connectivity index (χ3n) is 6.31. The Bertz CT molecular complexity index is 363. The van der Waals surface area contributed by atoms with Gasteiger partial charge in [0, 0.05) is 19.0 Å². The predicted molar refractivity (Wildman–Crippen MR) is 98.5 cm³/mol. The van der Waals surface area contributed by atoms with Crippen LogP contribution in [0.1, 0.15) is 83.5 Å². The van der Waals surface area contributed by atoms with E-state index in [0.717, 1.165) is 12.8 Å². The second-order valence-electron chi connectivity index (χ2n) is 8.26. The topological polar surface area (TPSA) is 75.3 Å². The molecule has 0 aromatic heterocycles. The van der Waals surface area contributed by atoms with Crippen LogP contribution in [0.3, 0.4) is 0 Å². The summed E-state index contributed by atoms with van der Waals surface area (Å²) in [5.41, 5.74) is 6.29. The molecule has 0 spiro atoms. The summed E-state index contributed by atoms with van der Waals surface area (Å²) < 4.78 is 0. The number of nitrogens with one attached hydrogen (secondary N) is 1. The average Bonchev–Trinajstić information content (AvgIpc) is 2.62. The maximum atomic E-state index is 12.3. The Labute approximate surface area is 148 Å². The van der Waals surface area contributed by atoms with Gasteiger partial charge in [-0.25, -0.2) is 0 Å². The SMILES string of the molecule is CNC(=O)[C@H](CC1CCCCC1)C[C@H](O)[C@@H](N)CC1CCCCC1. The van der Waals surface area contributed by atoms with E-state index in [1.54, 1.807) is 7.05 Å². The molecule has 4 nitrogen and oxygen atoms in total. The zero-order chi connectivity index (χ0) is 17.4. The Hall–Kier alpha value is -0.610. The van der Waals surface area contributed by atoms with E-state index in [1.807, 2.05) is 0 Å². The van der Waals surface area contributed by atoms with E-state index >= 15 is 0 Å². The number of hydrogen-bond donors (Lipinski definition) is 3. The van der Waals surface area contributed by atoms with Crippen LogP contribution in [0.25, 0.3) is 0 Å². The van der Waals surface area contributed by atoms with E-state index in [-0.39, 0.29) is 17.9 Å². The fourth-order valence-electron chi connectivity index (χ4n) is 4.77. The molecule has 0 bridgehead atoms. The van der Waals surface area contributed by atoms with Gasteiger partial charge in [-0.05, 0) is 31.1 Å². The van der Waals surface area contributed by atoms with Gasteiger partial charge in [0.2, 0.25) is 5.91 Å². The molecule has 0 radical (unpaired) electrons. The molecule has 2 fully saturated rings. The molecule has 0 heterocycles. The summed E-state index contributed by atoms with van der Waals surface area (Å²) in [6.07, 6.45) is 14.6. The molecule has 2 aliphatic rings. The maximum absolute atomic E-state index is 12.3. The molecule has 1 amide bonds. The number of hydrogen-bond acceptors (Lipinski definition) is 3. The van der Waals surface area contributed by atoms with Crippen molar-refractivity contribution in [2.75, 3.05) is 7.05 Å². The monoisotopic (exact) mass is 338 g/mol. The number of rotatable bonds is 8. The minimum absolute atomic E-state index is 0.0736. The quantitative estimate of drug-likeness (QED) is 0.635. The van der Waals surface area contributed by atoms with Crippen LogP contribution in [0.15, 0.2) is 0 Å². The second-order valence-corrected chi connectivity index (χ2v) is 8.26. The van der Waals surface area contributed by atoms with E-state index in [2.05, 4.69) is 5.32 Å². The number of carbonyl (C=O) groups excluding carboxylic acids is 1. The summed E-state index contributed by atoms with van der Waals surface area (Å²) >= 11 is 0. The zero-order valence-corrected chi connectivity index (χ0v) is 15.5. The standard InChI is InChI=1S/C20H38N2O2/c1-22-20(24)17(12-15-8-4-2-5-9-15)14-19(23)18(21)13-16-10-6-3-7-11-16/h15-19,23H,2-14,21H2,1H3,(H,22,24)/t17-,18+,19+/m1/s1. The fourth-order valence-corrected chi connectivity index (χ4v) is 4.77. The molecule has 2 rings (SSSR count). The lowest BCUT2D eigenvalue weighted by molar-refractivity contribution is -0.126. The predicted octanol–water partition coefficient (Wildman–Crippen LogP) is 3.37. The van der Waals surface area contributed by atoms with Crippen molar-refractivity contribution < 1.29 is 9.90 Å². The van der Waals surface area contributed by atoms with Gasteiger partial charge in [-0.15, -0.1) is 0 Å². The summed E-state index contributed by atoms with van der Waals surface area (Å²) in [6, 6.07) is -0.188. The minimum Gasteiger partial charge on any atom is -0.391 e. The van der Waals surface area contributed by atoms with Crippen molar-refractivity contribution in [2.45, 2.75) is 95.6 Å². The summed E-state index contributed by atoms with van der Waals surface area (Å²) in [4.78, 5) is 12.3. The third-order valence-corrected chi connectivity index (χ3v) is 6.31. The van der Waals surface area contributed by atoms with Gasteiger partial charge in [0.1, 0.15) is 0 Å². The van der Waals surface area contributed by atoms with Crippen molar-refractivity contribution in [2.24, 2.45) is 23.5 Å². The van der Waals surface area contributed by atoms with Crippen LogP contribution < -0.4 is 11.1 Å². The van der Waals surface area contributed by atoms with E-state index < -0.39 is 6.10 Å². The molecule has 0 aromatic rings. The molecule has 0 aromatic carbocycles. The average molecular weight is 339 g/mol. The molecule has 0 saturated heterocycles. The second kappa shape index (κ2) is 10.4. The lowest BCUT2D eigenvalue weighted by atomic mass is 9.79. The number of carbonyl (C=O) groups is 1. The van der Waals surface area contributed by atoms with E-state index in [1.165, 1.54) is 64.2 Å². The fraction of sp³-hybridized carbons (Fsp3) is 0.950. The molecule has 24 heavy (non-hydrogen) atoms. The van der Waals surface area contributed by atoms with E-state index in [9.17, 15) is 9.90 Å². The Morgan fingerprint density at radius 1 is 1.00 bits per heavy atom. The van der Waals surface area contributed by atoms with Crippen LogP contribution in [0.4, 0.5) is 0 Å². The van der Waals surface area contributed by atoms with Crippen LogP contribution in [-0.4, -0.2) is 30.2 Å². The summed E-state index contributed by atoms with van der Waals surface area (Å²) in [5, 5.41) is 13.4. The molecule has 4 heteroatoms. The first-order chi connectivity index (χ1) is 11.6. The molecule has 2 saturated carbocycles. The van der Waals surface area contributed by atoms with Crippen LogP contribution >= 0.6 is 0 Å². The smallest absolute Gasteiger partial charge is 0.222 e. The molecule has 0 aliphatic heterocycles. The first-order valence-electron chi connectivity index (χ1n) is 10.3. The molecule has 4 N–H and O–H groups in total. The Balaban J connectivity index is 1.82. The number of nitrogens with two attached hydrogens (primary N) is 1. The van der Waals surface area contributed by atoms with Crippen LogP contribution in [-0.2, 0) is 4.79 Å². The summed E-state index contributed by atoms with van der Waals surface area (Å²) in [6.45, 7) is 0. The van der Waals surface area contributed by atoms with Crippen molar-refractivity contribution in [3.63, 3.8) is 0 Å². The van der Waals surface area contributed by atoms with Crippen LogP contribution in [0.5, 0.6) is 0 Å². The largest absolute Gasteiger partial charge is 0.391 e. The number of aliphatic hydroxyl groups is 1. The third kappa shape index (κ3) is 6.36. The van der Waals surface area contributed by atoms with Crippen molar-refractivity contribution in [1.82, 2.24) is 5.32 Å². The lowest BCUT2D eigenvalue weighted by Gasteiger charge is -2.30. The highest BCUT2D eigenvalue weighted by Gasteiger charge is 2.29. The maximum Gasteiger partial charge on any atom is 0.222 e. The van der Waals surface area contributed by atoms with Gasteiger partial charge in [-0.3, -0.25) is 4.79 Å². The lowest BCUT2D eigenvalue weighted by Crippen LogP contribution is -2.41. The normalized spacial score (nSPS) is 24.3. The first kappa shape index (κ1) is 19.7. The summed E-state index contributed by atoms with van der Waals surface area (Å²) in [7, 11) is 1.70. The van der Waals surface area contributed by atoms with Crippen LogP contribution in [0.2, 0.25) is 0 Å². The Morgan fingerprint density at radius 2 is 1.50 bits per heavy atom. The Morgan fingerprint density at radius 3 is 2.00 bits per heavy atom. The molecular weight excluding hydrogens is 300 g/mol. The van der Waals surface area contributed by atoms with Gasteiger partial charge in [-0.1, -0.05) is 64.2 Å². The van der Waals surface area contributed by atoms with E-state index in [4.69, 9.17) is 5.73 Å². The van der Waals surface area contributed by atoms with E-state index in [0.29, 0.717) is 18.3 Å². The molecule has 2 aliphatic carbocycles.